The second-order valence-electron chi connectivity index (χ2n) is 5.68. The third kappa shape index (κ3) is 5.10. The van der Waals surface area contributed by atoms with Gasteiger partial charge in [0, 0.05) is 18.9 Å². The number of methoxy groups -OCH3 is 1. The number of hydrogen-bond acceptors (Lipinski definition) is 4. The molecule has 0 saturated carbocycles. The predicted molar refractivity (Wildman–Crippen MR) is 88.7 cm³/mol. The molecule has 2 unspecified atom stereocenters. The zero-order chi connectivity index (χ0) is 16.0. The Hall–Kier alpha value is -1.40. The molecule has 0 radical (unpaired) electrons. The van der Waals surface area contributed by atoms with Gasteiger partial charge >= 0.3 is 0 Å². The van der Waals surface area contributed by atoms with Gasteiger partial charge < -0.3 is 4.74 Å². The standard InChI is InChI=1S/C16H24N2O3S/c1-21-16-11-7-6-10-15(18-16)14(12-17-22(2,19)20)13-8-4-3-5-9-13/h3-5,8-9,14-15,17H,6-7,10-12H2,1-2H3. The van der Waals surface area contributed by atoms with Gasteiger partial charge in [0.25, 0.3) is 0 Å². The molecular formula is C16H24N2O3S. The van der Waals surface area contributed by atoms with Gasteiger partial charge in [-0.15, -0.1) is 0 Å². The van der Waals surface area contributed by atoms with Gasteiger partial charge in [0.2, 0.25) is 10.0 Å². The average Bonchev–Trinajstić information content (AvgIpc) is 2.73. The van der Waals surface area contributed by atoms with Crippen LogP contribution in [0.2, 0.25) is 0 Å². The first-order chi connectivity index (χ1) is 10.5. The first-order valence-corrected chi connectivity index (χ1v) is 9.49. The van der Waals surface area contributed by atoms with Crippen LogP contribution < -0.4 is 4.72 Å². The molecule has 1 N–H and O–H groups in total. The van der Waals surface area contributed by atoms with E-state index in [1.165, 1.54) is 6.26 Å². The second kappa shape index (κ2) is 7.74. The van der Waals surface area contributed by atoms with Gasteiger partial charge in [-0.25, -0.2) is 13.1 Å². The molecule has 0 fully saturated rings. The molecule has 2 rings (SSSR count). The van der Waals surface area contributed by atoms with Crippen molar-refractivity contribution < 1.29 is 13.2 Å². The van der Waals surface area contributed by atoms with Gasteiger partial charge in [0.15, 0.2) is 5.90 Å². The quantitative estimate of drug-likeness (QED) is 0.903. The van der Waals surface area contributed by atoms with Crippen LogP contribution in [0.25, 0.3) is 0 Å². The van der Waals surface area contributed by atoms with Gasteiger partial charge in [-0.2, -0.15) is 0 Å². The minimum atomic E-state index is -3.22. The fourth-order valence-corrected chi connectivity index (χ4v) is 3.29. The molecule has 1 heterocycles. The van der Waals surface area contributed by atoms with E-state index in [9.17, 15) is 8.42 Å². The SMILES string of the molecule is COC1=NC(C(CNS(C)(=O)=O)c2ccccc2)CCCC1. The van der Waals surface area contributed by atoms with Crippen LogP contribution in [0.3, 0.4) is 0 Å². The van der Waals surface area contributed by atoms with E-state index >= 15 is 0 Å². The van der Waals surface area contributed by atoms with Crippen LogP contribution in [0, 0.1) is 0 Å². The van der Waals surface area contributed by atoms with E-state index in [0.29, 0.717) is 6.54 Å². The molecule has 0 bridgehead atoms. The van der Waals surface area contributed by atoms with Crippen molar-refractivity contribution in [3.8, 4) is 0 Å². The summed E-state index contributed by atoms with van der Waals surface area (Å²) in [5, 5.41) is 0. The Kier molecular flexibility index (Phi) is 5.97. The van der Waals surface area contributed by atoms with E-state index in [1.807, 2.05) is 30.3 Å². The predicted octanol–water partition coefficient (Wildman–Crippen LogP) is 2.31. The molecule has 0 aromatic heterocycles. The van der Waals surface area contributed by atoms with E-state index in [1.54, 1.807) is 7.11 Å². The smallest absolute Gasteiger partial charge is 0.208 e. The summed E-state index contributed by atoms with van der Waals surface area (Å²) in [4.78, 5) is 4.73. The lowest BCUT2D eigenvalue weighted by Crippen LogP contribution is -2.32. The summed E-state index contributed by atoms with van der Waals surface area (Å²) >= 11 is 0. The number of aliphatic imine (C=N–C) groups is 1. The summed E-state index contributed by atoms with van der Waals surface area (Å²) in [6, 6.07) is 10.00. The minimum absolute atomic E-state index is 0.0131. The number of rotatable bonds is 5. The summed E-state index contributed by atoms with van der Waals surface area (Å²) in [6.45, 7) is 0.355. The summed E-state index contributed by atoms with van der Waals surface area (Å²) in [5.41, 5.74) is 1.10. The molecule has 0 saturated heterocycles. The maximum Gasteiger partial charge on any atom is 0.208 e. The van der Waals surface area contributed by atoms with E-state index in [-0.39, 0.29) is 12.0 Å². The highest BCUT2D eigenvalue weighted by Gasteiger charge is 2.26. The Bertz CT molecular complexity index is 599. The number of hydrogen-bond donors (Lipinski definition) is 1. The van der Waals surface area contributed by atoms with Crippen LogP contribution in [0.15, 0.2) is 35.3 Å². The topological polar surface area (TPSA) is 67.8 Å². The number of ether oxygens (including phenoxy) is 1. The largest absolute Gasteiger partial charge is 0.484 e. The van der Waals surface area contributed by atoms with Gasteiger partial charge in [-0.05, 0) is 18.4 Å². The molecule has 0 spiro atoms. The monoisotopic (exact) mass is 324 g/mol. The molecule has 1 aromatic rings. The van der Waals surface area contributed by atoms with Crippen molar-refractivity contribution in [2.75, 3.05) is 19.9 Å². The molecule has 2 atom stereocenters. The number of sulfonamides is 1. The molecule has 0 amide bonds. The highest BCUT2D eigenvalue weighted by atomic mass is 32.2. The second-order valence-corrected chi connectivity index (χ2v) is 7.51. The summed E-state index contributed by atoms with van der Waals surface area (Å²) < 4.78 is 30.9. The van der Waals surface area contributed by atoms with Gasteiger partial charge in [-0.1, -0.05) is 36.8 Å². The summed E-state index contributed by atoms with van der Waals surface area (Å²) in [6.07, 6.45) is 5.12. The van der Waals surface area contributed by atoms with Crippen molar-refractivity contribution in [2.24, 2.45) is 4.99 Å². The zero-order valence-corrected chi connectivity index (χ0v) is 14.0. The molecule has 6 heteroatoms. The van der Waals surface area contributed by atoms with Crippen LogP contribution in [0.4, 0.5) is 0 Å². The van der Waals surface area contributed by atoms with Crippen molar-refractivity contribution in [2.45, 2.75) is 37.6 Å². The lowest BCUT2D eigenvalue weighted by atomic mass is 9.89. The van der Waals surface area contributed by atoms with Crippen LogP contribution >= 0.6 is 0 Å². The van der Waals surface area contributed by atoms with Crippen molar-refractivity contribution in [3.63, 3.8) is 0 Å². The van der Waals surface area contributed by atoms with Crippen molar-refractivity contribution in [1.29, 1.82) is 0 Å². The van der Waals surface area contributed by atoms with Crippen LogP contribution in [0.1, 0.15) is 37.2 Å². The van der Waals surface area contributed by atoms with Gasteiger partial charge in [-0.3, -0.25) is 4.99 Å². The fourth-order valence-electron chi connectivity index (χ4n) is 2.81. The lowest BCUT2D eigenvalue weighted by molar-refractivity contribution is 0.383. The highest BCUT2D eigenvalue weighted by Crippen LogP contribution is 2.28. The lowest BCUT2D eigenvalue weighted by Gasteiger charge is -2.24. The van der Waals surface area contributed by atoms with Crippen LogP contribution in [0.5, 0.6) is 0 Å². The van der Waals surface area contributed by atoms with E-state index < -0.39 is 10.0 Å². The first-order valence-electron chi connectivity index (χ1n) is 7.60. The van der Waals surface area contributed by atoms with Gasteiger partial charge in [0.05, 0.1) is 19.4 Å². The van der Waals surface area contributed by atoms with Crippen molar-refractivity contribution in [3.05, 3.63) is 35.9 Å². The maximum atomic E-state index is 11.5. The normalized spacial score (nSPS) is 20.8. The van der Waals surface area contributed by atoms with E-state index in [4.69, 9.17) is 9.73 Å². The molecule has 1 aliphatic rings. The number of benzene rings is 1. The molecule has 0 aliphatic carbocycles. The summed E-state index contributed by atoms with van der Waals surface area (Å²) in [5.74, 6) is 0.780. The Morgan fingerprint density at radius 1 is 1.32 bits per heavy atom. The van der Waals surface area contributed by atoms with Crippen molar-refractivity contribution in [1.82, 2.24) is 4.72 Å². The fraction of sp³-hybridized carbons (Fsp3) is 0.562. The van der Waals surface area contributed by atoms with Crippen LogP contribution in [-0.4, -0.2) is 40.3 Å². The Morgan fingerprint density at radius 3 is 2.68 bits per heavy atom. The Balaban J connectivity index is 2.26. The summed E-state index contributed by atoms with van der Waals surface area (Å²) in [7, 11) is -1.58. The molecule has 1 aliphatic heterocycles. The van der Waals surface area contributed by atoms with Gasteiger partial charge in [0.1, 0.15) is 0 Å². The highest BCUT2D eigenvalue weighted by molar-refractivity contribution is 7.88. The third-order valence-corrected chi connectivity index (χ3v) is 4.63. The first kappa shape index (κ1) is 17.0. The van der Waals surface area contributed by atoms with Crippen LogP contribution in [-0.2, 0) is 14.8 Å². The zero-order valence-electron chi connectivity index (χ0n) is 13.2. The molecule has 122 valence electrons. The minimum Gasteiger partial charge on any atom is -0.484 e. The molecule has 22 heavy (non-hydrogen) atoms. The molecular weight excluding hydrogens is 300 g/mol. The molecule has 1 aromatic carbocycles. The average molecular weight is 324 g/mol. The number of nitrogens with zero attached hydrogens (tertiary/aromatic N) is 1. The Morgan fingerprint density at radius 2 is 2.05 bits per heavy atom. The molecule has 5 nitrogen and oxygen atoms in total. The maximum absolute atomic E-state index is 11.5. The number of nitrogens with one attached hydrogen (secondary N) is 1. The van der Waals surface area contributed by atoms with Crippen molar-refractivity contribution >= 4 is 15.9 Å². The Labute approximate surface area is 132 Å². The van der Waals surface area contributed by atoms with E-state index in [2.05, 4.69) is 4.72 Å². The third-order valence-electron chi connectivity index (χ3n) is 3.94. The van der Waals surface area contributed by atoms with E-state index in [0.717, 1.165) is 37.1 Å².